The average molecular weight is 468 g/mol. The quantitative estimate of drug-likeness (QED) is 0.474. The Hall–Kier alpha value is -3.66. The Morgan fingerprint density at radius 2 is 1.82 bits per heavy atom. The molecule has 2 atom stereocenters. The Balaban J connectivity index is 1.42. The van der Waals surface area contributed by atoms with E-state index in [-0.39, 0.29) is 18.6 Å². The van der Waals surface area contributed by atoms with Crippen molar-refractivity contribution in [2.45, 2.75) is 33.2 Å². The molecule has 0 spiro atoms. The van der Waals surface area contributed by atoms with Gasteiger partial charge in [0, 0.05) is 11.3 Å². The second kappa shape index (κ2) is 9.86. The lowest BCUT2D eigenvalue weighted by Gasteiger charge is -2.23. The van der Waals surface area contributed by atoms with Crippen LogP contribution in [0.3, 0.4) is 0 Å². The number of aromatic nitrogens is 2. The Bertz CT molecular complexity index is 1150. The number of urea groups is 1. The summed E-state index contributed by atoms with van der Waals surface area (Å²) < 4.78 is 10.7. The fourth-order valence-electron chi connectivity index (χ4n) is 3.25. The number of aryl methyl sites for hydroxylation is 1. The van der Waals surface area contributed by atoms with E-state index >= 15 is 0 Å². The predicted octanol–water partition coefficient (Wildman–Crippen LogP) is 4.42. The second-order valence-corrected chi connectivity index (χ2v) is 8.77. The lowest BCUT2D eigenvalue weighted by molar-refractivity contribution is -0.119. The van der Waals surface area contributed by atoms with E-state index in [9.17, 15) is 9.59 Å². The summed E-state index contributed by atoms with van der Waals surface area (Å²) in [5.74, 6) is 0.892. The third-order valence-corrected chi connectivity index (χ3v) is 6.25. The topological polar surface area (TPSA) is 114 Å². The predicted molar refractivity (Wildman–Crippen MR) is 127 cm³/mol. The van der Waals surface area contributed by atoms with Crippen molar-refractivity contribution in [2.75, 3.05) is 17.4 Å². The van der Waals surface area contributed by atoms with Gasteiger partial charge in [-0.15, -0.1) is 10.2 Å². The highest BCUT2D eigenvalue weighted by atomic mass is 32.1. The van der Waals surface area contributed by atoms with E-state index in [2.05, 4.69) is 26.1 Å². The molecule has 10 heteroatoms. The molecule has 4 rings (SSSR count). The minimum absolute atomic E-state index is 0.0879. The molecule has 1 aromatic heterocycles. The monoisotopic (exact) mass is 467 g/mol. The van der Waals surface area contributed by atoms with Gasteiger partial charge in [0.25, 0.3) is 0 Å². The molecule has 172 valence electrons. The number of carbonyl (C=O) groups excluding carboxylic acids is 2. The van der Waals surface area contributed by atoms with Crippen LogP contribution in [0.15, 0.2) is 42.5 Å². The van der Waals surface area contributed by atoms with Gasteiger partial charge in [-0.2, -0.15) is 0 Å². The number of ether oxygens (including phenoxy) is 2. The number of carbonyl (C=O) groups is 2. The number of anilines is 2. The Labute approximate surface area is 195 Å². The largest absolute Gasteiger partial charge is 0.454 e. The highest BCUT2D eigenvalue weighted by Crippen LogP contribution is 2.37. The molecule has 0 saturated carbocycles. The molecule has 9 nitrogen and oxygen atoms in total. The molecular weight excluding hydrogens is 442 g/mol. The van der Waals surface area contributed by atoms with Crippen LogP contribution in [0.5, 0.6) is 11.5 Å². The summed E-state index contributed by atoms with van der Waals surface area (Å²) >= 11 is 1.24. The maximum absolute atomic E-state index is 13.0. The van der Waals surface area contributed by atoms with Crippen LogP contribution in [-0.4, -0.2) is 35.0 Å². The second-order valence-electron chi connectivity index (χ2n) is 7.80. The van der Waals surface area contributed by atoms with E-state index in [1.165, 1.54) is 11.3 Å². The Morgan fingerprint density at radius 1 is 1.06 bits per heavy atom. The van der Waals surface area contributed by atoms with E-state index in [1.54, 1.807) is 0 Å². The zero-order valence-electron chi connectivity index (χ0n) is 18.5. The van der Waals surface area contributed by atoms with Crippen molar-refractivity contribution in [3.8, 4) is 22.1 Å². The van der Waals surface area contributed by atoms with E-state index in [4.69, 9.17) is 9.47 Å². The standard InChI is InChI=1S/C23H25N5O4S/c1-4-14(3)19(25-22(30)24-16-8-5-13(2)6-9-16)20(29)26-23-28-27-21(33-23)15-7-10-17-18(11-15)32-12-31-17/h5-11,14,19H,4,12H2,1-3H3,(H2,24,25,30)(H,26,28,29). The molecule has 1 aliphatic heterocycles. The van der Waals surface area contributed by atoms with Gasteiger partial charge >= 0.3 is 6.03 Å². The van der Waals surface area contributed by atoms with Crippen LogP contribution < -0.4 is 25.4 Å². The molecule has 2 aromatic carbocycles. The molecule has 3 N–H and O–H groups in total. The molecular formula is C23H25N5O4S. The minimum Gasteiger partial charge on any atom is -0.454 e. The van der Waals surface area contributed by atoms with E-state index in [1.807, 2.05) is 63.2 Å². The van der Waals surface area contributed by atoms with Crippen LogP contribution in [0.1, 0.15) is 25.8 Å². The zero-order valence-corrected chi connectivity index (χ0v) is 19.4. The van der Waals surface area contributed by atoms with Gasteiger partial charge in [0.05, 0.1) is 0 Å². The van der Waals surface area contributed by atoms with Gasteiger partial charge in [-0.25, -0.2) is 4.79 Å². The van der Waals surface area contributed by atoms with E-state index < -0.39 is 12.1 Å². The minimum atomic E-state index is -0.738. The molecule has 3 amide bonds. The molecule has 0 radical (unpaired) electrons. The molecule has 0 fully saturated rings. The third kappa shape index (κ3) is 5.40. The lowest BCUT2D eigenvalue weighted by Crippen LogP contribution is -2.49. The Kier molecular flexibility index (Phi) is 6.74. The number of fused-ring (bicyclic) bond motifs is 1. The fraction of sp³-hybridized carbons (Fsp3) is 0.304. The molecule has 0 bridgehead atoms. The first-order chi connectivity index (χ1) is 15.9. The van der Waals surface area contributed by atoms with Crippen molar-refractivity contribution in [2.24, 2.45) is 5.92 Å². The lowest BCUT2D eigenvalue weighted by atomic mass is 9.98. The summed E-state index contributed by atoms with van der Waals surface area (Å²) in [7, 11) is 0. The van der Waals surface area contributed by atoms with Gasteiger partial charge < -0.3 is 20.1 Å². The first-order valence-corrected chi connectivity index (χ1v) is 11.4. The van der Waals surface area contributed by atoms with E-state index in [0.29, 0.717) is 33.7 Å². The normalized spacial score (nSPS) is 13.8. The fourth-order valence-corrected chi connectivity index (χ4v) is 3.99. The van der Waals surface area contributed by atoms with Gasteiger partial charge in [-0.05, 0) is 43.2 Å². The zero-order chi connectivity index (χ0) is 23.4. The maximum atomic E-state index is 13.0. The van der Waals surface area contributed by atoms with Crippen molar-refractivity contribution in [3.05, 3.63) is 48.0 Å². The molecule has 1 aliphatic rings. The molecule has 2 unspecified atom stereocenters. The molecule has 0 saturated heterocycles. The summed E-state index contributed by atoms with van der Waals surface area (Å²) in [6.45, 7) is 6.04. The smallest absolute Gasteiger partial charge is 0.319 e. The number of hydrogen-bond acceptors (Lipinski definition) is 7. The number of hydrogen-bond donors (Lipinski definition) is 3. The number of benzene rings is 2. The van der Waals surface area contributed by atoms with E-state index in [0.717, 1.165) is 11.1 Å². The summed E-state index contributed by atoms with van der Waals surface area (Å²) in [5.41, 5.74) is 2.56. The summed E-state index contributed by atoms with van der Waals surface area (Å²) in [5, 5.41) is 17.6. The van der Waals surface area contributed by atoms with Gasteiger partial charge in [0.15, 0.2) is 11.5 Å². The van der Waals surface area contributed by atoms with Gasteiger partial charge in [0.2, 0.25) is 17.8 Å². The van der Waals surface area contributed by atoms with Crippen LogP contribution in [-0.2, 0) is 4.79 Å². The van der Waals surface area contributed by atoms with Crippen molar-refractivity contribution in [1.82, 2.24) is 15.5 Å². The highest BCUT2D eigenvalue weighted by Gasteiger charge is 2.27. The summed E-state index contributed by atoms with van der Waals surface area (Å²) in [6, 6.07) is 11.7. The molecule has 2 heterocycles. The Morgan fingerprint density at radius 3 is 2.58 bits per heavy atom. The summed E-state index contributed by atoms with van der Waals surface area (Å²) in [6.07, 6.45) is 0.710. The van der Waals surface area contributed by atoms with Crippen molar-refractivity contribution in [3.63, 3.8) is 0 Å². The van der Waals surface area contributed by atoms with Crippen LogP contribution in [0, 0.1) is 12.8 Å². The number of nitrogens with zero attached hydrogens (tertiary/aromatic N) is 2. The average Bonchev–Trinajstić information content (AvgIpc) is 3.47. The maximum Gasteiger partial charge on any atom is 0.319 e. The van der Waals surface area contributed by atoms with Crippen molar-refractivity contribution in [1.29, 1.82) is 0 Å². The van der Waals surface area contributed by atoms with Crippen molar-refractivity contribution < 1.29 is 19.1 Å². The molecule has 33 heavy (non-hydrogen) atoms. The third-order valence-electron chi connectivity index (χ3n) is 5.37. The van der Waals surface area contributed by atoms with Crippen LogP contribution in [0.4, 0.5) is 15.6 Å². The van der Waals surface area contributed by atoms with Gasteiger partial charge in [-0.1, -0.05) is 49.3 Å². The number of nitrogens with one attached hydrogen (secondary N) is 3. The first-order valence-electron chi connectivity index (χ1n) is 10.6. The van der Waals surface area contributed by atoms with Crippen LogP contribution in [0.25, 0.3) is 10.6 Å². The van der Waals surface area contributed by atoms with Gasteiger partial charge in [-0.3, -0.25) is 10.1 Å². The van der Waals surface area contributed by atoms with Gasteiger partial charge in [0.1, 0.15) is 11.0 Å². The van der Waals surface area contributed by atoms with Crippen LogP contribution >= 0.6 is 11.3 Å². The molecule has 0 aliphatic carbocycles. The number of rotatable bonds is 7. The highest BCUT2D eigenvalue weighted by molar-refractivity contribution is 7.18. The van der Waals surface area contributed by atoms with Crippen LogP contribution in [0.2, 0.25) is 0 Å². The number of amides is 3. The van der Waals surface area contributed by atoms with Crippen molar-refractivity contribution >= 4 is 34.1 Å². The first kappa shape index (κ1) is 22.5. The molecule has 3 aromatic rings. The summed E-state index contributed by atoms with van der Waals surface area (Å²) in [4.78, 5) is 25.5. The SMILES string of the molecule is CCC(C)C(NC(=O)Nc1ccc(C)cc1)C(=O)Nc1nnc(-c2ccc3c(c2)OCO3)s1.